The van der Waals surface area contributed by atoms with Crippen LogP contribution in [0.3, 0.4) is 0 Å². The maximum atomic E-state index is 14.9. The molecule has 5 atom stereocenters. The number of hydrazine groups is 1. The van der Waals surface area contributed by atoms with E-state index in [9.17, 15) is 24.0 Å². The molecule has 6 heterocycles. The number of ether oxygens (including phenoxy) is 2. The van der Waals surface area contributed by atoms with E-state index in [0.717, 1.165) is 39.0 Å². The lowest BCUT2D eigenvalue weighted by molar-refractivity contribution is -0.158. The molecule has 17 nitrogen and oxygen atoms in total. The van der Waals surface area contributed by atoms with Crippen LogP contribution in [0.25, 0.3) is 33.5 Å². The van der Waals surface area contributed by atoms with Crippen LogP contribution >= 0.6 is 0 Å². The zero-order chi connectivity index (χ0) is 52.7. The number of pyridine rings is 1. The number of benzene rings is 1. The van der Waals surface area contributed by atoms with Crippen molar-refractivity contribution >= 4 is 61.0 Å². The molecule has 6 bridgehead atoms. The highest BCUT2D eigenvalue weighted by molar-refractivity contribution is 6.29. The molecular weight excluding hydrogens is 947 g/mol. The smallest absolute Gasteiger partial charge is 0.323 e. The number of oxazole rings is 1. The Labute approximate surface area is 430 Å². The van der Waals surface area contributed by atoms with Gasteiger partial charge in [-0.1, -0.05) is 33.6 Å². The quantitative estimate of drug-likeness (QED) is 0.135. The second kappa shape index (κ2) is 21.1. The Bertz CT molecular complexity index is 2790. The van der Waals surface area contributed by atoms with Crippen molar-refractivity contribution in [1.82, 2.24) is 45.0 Å². The van der Waals surface area contributed by atoms with Crippen LogP contribution in [0.2, 0.25) is 5.04 Å². The molecule has 388 valence electrons. The highest BCUT2D eigenvalue weighted by atomic mass is 28.1. The summed E-state index contributed by atoms with van der Waals surface area (Å²) in [6.45, 7) is 17.5. The number of nitrogens with zero attached hydrogens (tertiary/aromatic N) is 7. The molecule has 0 saturated carbocycles. The Morgan fingerprint density at radius 3 is 2.49 bits per heavy atom. The molecule has 3 aliphatic heterocycles. The summed E-state index contributed by atoms with van der Waals surface area (Å²) >= 11 is 0. The summed E-state index contributed by atoms with van der Waals surface area (Å²) < 4.78 is 20.9. The average Bonchev–Trinajstić information content (AvgIpc) is 4.06. The van der Waals surface area contributed by atoms with Gasteiger partial charge in [0.05, 0.1) is 47.3 Å². The van der Waals surface area contributed by atoms with Gasteiger partial charge in [-0.25, -0.2) is 10.4 Å². The van der Waals surface area contributed by atoms with Gasteiger partial charge in [0, 0.05) is 94.5 Å². The van der Waals surface area contributed by atoms with Gasteiger partial charge in [0.25, 0.3) is 11.8 Å². The van der Waals surface area contributed by atoms with E-state index in [1.807, 2.05) is 65.7 Å². The fourth-order valence-electron chi connectivity index (χ4n) is 10.3. The summed E-state index contributed by atoms with van der Waals surface area (Å²) in [5.74, 6) is 4.19. The lowest BCUT2D eigenvalue weighted by Gasteiger charge is -2.42. The van der Waals surface area contributed by atoms with Gasteiger partial charge in [-0.3, -0.25) is 38.9 Å². The summed E-state index contributed by atoms with van der Waals surface area (Å²) in [7, 11) is 7.85. The van der Waals surface area contributed by atoms with E-state index in [1.165, 1.54) is 9.91 Å². The van der Waals surface area contributed by atoms with Gasteiger partial charge in [0.1, 0.15) is 17.2 Å². The van der Waals surface area contributed by atoms with Crippen molar-refractivity contribution in [1.29, 1.82) is 0 Å². The second-order valence-electron chi connectivity index (χ2n) is 22.3. The zero-order valence-electron chi connectivity index (χ0n) is 44.8. The van der Waals surface area contributed by atoms with Crippen molar-refractivity contribution < 1.29 is 37.9 Å². The monoisotopic (exact) mass is 1020 g/mol. The van der Waals surface area contributed by atoms with E-state index in [-0.39, 0.29) is 55.8 Å². The van der Waals surface area contributed by atoms with Gasteiger partial charge in [-0.2, -0.15) is 0 Å². The first-order valence-corrected chi connectivity index (χ1v) is 27.3. The van der Waals surface area contributed by atoms with Gasteiger partial charge in [-0.05, 0) is 115 Å². The van der Waals surface area contributed by atoms with Crippen molar-refractivity contribution in [3.05, 3.63) is 59.9 Å². The molecule has 2 saturated heterocycles. The predicted octanol–water partition coefficient (Wildman–Crippen LogP) is 3.01. The number of aromatic nitrogens is 3. The molecule has 1 aromatic carbocycles. The van der Waals surface area contributed by atoms with Gasteiger partial charge in [0.15, 0.2) is 11.7 Å². The molecule has 19 heteroatoms. The number of cyclic esters (lactones) is 1. The van der Waals surface area contributed by atoms with Crippen molar-refractivity contribution in [2.24, 2.45) is 11.3 Å². The molecule has 1 unspecified atom stereocenters. The molecule has 0 aliphatic carbocycles. The molecule has 0 radical (unpaired) electrons. The highest BCUT2D eigenvalue weighted by Crippen LogP contribution is 2.42. The maximum Gasteiger partial charge on any atom is 0.323 e. The molecule has 3 aliphatic rings. The molecule has 4 aromatic rings. The first kappa shape index (κ1) is 54.1. The Balaban J connectivity index is 1.24. The van der Waals surface area contributed by atoms with Crippen LogP contribution in [-0.4, -0.2) is 162 Å². The second-order valence-corrected chi connectivity index (χ2v) is 25.9. The Morgan fingerprint density at radius 1 is 1.07 bits per heavy atom. The molecule has 2 fully saturated rings. The van der Waals surface area contributed by atoms with E-state index in [1.54, 1.807) is 31.5 Å². The minimum Gasteiger partial charge on any atom is -0.464 e. The van der Waals surface area contributed by atoms with E-state index >= 15 is 0 Å². The first-order valence-electron chi connectivity index (χ1n) is 25.3. The molecule has 2 N–H and O–H groups in total. The van der Waals surface area contributed by atoms with E-state index in [2.05, 4.69) is 71.1 Å². The topological polar surface area (TPSA) is 185 Å². The number of likely N-dealkylation sites (N-methyl/N-ethyl adjacent to an activating group) is 1. The van der Waals surface area contributed by atoms with Crippen LogP contribution in [0.5, 0.6) is 0 Å². The number of amides is 4. The number of methoxy groups -OCH3 is 1. The van der Waals surface area contributed by atoms with Gasteiger partial charge >= 0.3 is 5.97 Å². The molecule has 0 spiro atoms. The molecular formula is C53H75N9O8Si2. The molecule has 3 aromatic heterocycles. The number of hydrogen-bond donors (Lipinski definition) is 2. The summed E-state index contributed by atoms with van der Waals surface area (Å²) in [5.41, 5.74) is 7.83. The van der Waals surface area contributed by atoms with Crippen molar-refractivity contribution in [3.8, 4) is 34.4 Å². The van der Waals surface area contributed by atoms with Crippen LogP contribution in [0.4, 0.5) is 0 Å². The van der Waals surface area contributed by atoms with Crippen molar-refractivity contribution in [2.75, 3.05) is 54.5 Å². The van der Waals surface area contributed by atoms with Crippen LogP contribution in [-0.2, 0) is 52.8 Å². The van der Waals surface area contributed by atoms with E-state index in [4.69, 9.17) is 18.9 Å². The molecule has 7 rings (SSSR count). The fraction of sp³-hybridized carbons (Fsp3) is 0.566. The summed E-state index contributed by atoms with van der Waals surface area (Å²) in [4.78, 5) is 86.3. The standard InChI is InChI=1S/C53H75N9O8Si2/c1-13-61-39-18-17-34-26-36(39)37(45(61)35-16-14-23-54-43(35)33(4)68-12)28-50(5,6)31-69-49(67)53(72)20-15-24-62(57-53)47(65)38(27-41-55-29-40(34)70-41)56-46(64)44(32(2)3)59(11)48(66)52(71)22-25-60(30-52)42(63)19-21-51(7,8)58(9)10/h14,16-18,23,26,29,32-33,38,44,57H,13,15,20,22,24-25,27-28,30-31H2,1-12,71-72H3,(H,56,64)/t33-,38-,44-,52?,53-/m0/s1. The predicted molar refractivity (Wildman–Crippen MR) is 283 cm³/mol. The largest absolute Gasteiger partial charge is 0.464 e. The lowest BCUT2D eigenvalue weighted by Crippen LogP contribution is -2.67. The molecule has 4 amide bonds. The molecule has 72 heavy (non-hydrogen) atoms. The minimum absolute atomic E-state index is 0.114. The first-order chi connectivity index (χ1) is 33.8. The Hall–Kier alpha value is -5.66. The average molecular weight is 1020 g/mol. The summed E-state index contributed by atoms with van der Waals surface area (Å²) in [6.07, 6.45) is 5.02. The lowest BCUT2D eigenvalue weighted by atomic mass is 9.84. The van der Waals surface area contributed by atoms with Gasteiger partial charge in [-0.15, -0.1) is 0 Å². The zero-order valence-corrected chi connectivity index (χ0v) is 48.8. The number of fused-ring (bicyclic) bond motifs is 6. The number of hydrogen-bond acceptors (Lipinski definition) is 12. The van der Waals surface area contributed by atoms with E-state index in [0.29, 0.717) is 65.0 Å². The number of rotatable bonds is 10. The van der Waals surface area contributed by atoms with Crippen LogP contribution in [0, 0.1) is 23.2 Å². The van der Waals surface area contributed by atoms with E-state index < -0.39 is 51.0 Å². The van der Waals surface area contributed by atoms with Crippen molar-refractivity contribution in [2.45, 2.75) is 128 Å². The number of esters is 1. The highest BCUT2D eigenvalue weighted by Gasteiger charge is 2.47. The summed E-state index contributed by atoms with van der Waals surface area (Å²) in [5, 5.41) is 3.47. The third-order valence-electron chi connectivity index (χ3n) is 15.1. The summed E-state index contributed by atoms with van der Waals surface area (Å²) in [6, 6.07) is 8.03. The third kappa shape index (κ3) is 11.0. The normalized spacial score (nSPS) is 22.6. The number of likely N-dealkylation sites (tertiary alicyclic amines) is 1. The van der Waals surface area contributed by atoms with Crippen LogP contribution in [0.1, 0.15) is 97.9 Å². The SMILES string of the molecule is CCn1c(-c2cccnc2[C@H](C)OC)c2c3cc(ccc31)-c1cnc(o1)C[C@H](NC(=O)[C@H](C(C)C)N(C)C(=O)C1([SiH3])CCN(C(=O)C#CC(C)(C)N(C)C)C1)C(=O)N1CCC[C@@]([SiH3])(N1)C(=O)OCC(C)(C)C2. The number of aryl methyl sites for hydroxylation is 1. The maximum absolute atomic E-state index is 14.9. The number of carbonyl (C=O) groups is 5. The van der Waals surface area contributed by atoms with Gasteiger partial charge in [0.2, 0.25) is 11.8 Å². The van der Waals surface area contributed by atoms with Crippen LogP contribution in [0.15, 0.2) is 47.1 Å². The third-order valence-corrected chi connectivity index (χ3v) is 17.4. The van der Waals surface area contributed by atoms with Crippen molar-refractivity contribution in [3.63, 3.8) is 0 Å². The fourth-order valence-corrected chi connectivity index (χ4v) is 12.0. The Kier molecular flexibility index (Phi) is 15.8. The number of carbonyl (C=O) groups excluding carboxylic acids is 5. The Morgan fingerprint density at radius 2 is 1.81 bits per heavy atom. The number of nitrogens with one attached hydrogen (secondary N) is 2. The minimum atomic E-state index is -1.20. The van der Waals surface area contributed by atoms with Crippen LogP contribution < -0.4 is 10.7 Å². The van der Waals surface area contributed by atoms with Gasteiger partial charge < -0.3 is 33.6 Å².